The van der Waals surface area contributed by atoms with Crippen molar-refractivity contribution in [3.63, 3.8) is 0 Å². The molecule has 2 aromatic rings. The van der Waals surface area contributed by atoms with Gasteiger partial charge in [-0.15, -0.1) is 0 Å². The Morgan fingerprint density at radius 2 is 1.86 bits per heavy atom. The van der Waals surface area contributed by atoms with Crippen LogP contribution in [0.3, 0.4) is 0 Å². The predicted molar refractivity (Wildman–Crippen MR) is 109 cm³/mol. The lowest BCUT2D eigenvalue weighted by molar-refractivity contribution is 0.0773. The van der Waals surface area contributed by atoms with Gasteiger partial charge in [0.1, 0.15) is 5.69 Å². The number of hydrogen-bond acceptors (Lipinski definition) is 5. The van der Waals surface area contributed by atoms with Gasteiger partial charge in [-0.3, -0.25) is 14.6 Å². The Hall–Kier alpha value is -2.93. The minimum atomic E-state index is -0.338. The summed E-state index contributed by atoms with van der Waals surface area (Å²) in [4.78, 5) is 33.4. The summed E-state index contributed by atoms with van der Waals surface area (Å²) in [5.74, 6) is -0.440. The van der Waals surface area contributed by atoms with E-state index in [1.807, 2.05) is 38.1 Å². The van der Waals surface area contributed by atoms with Gasteiger partial charge in [0.05, 0.1) is 24.6 Å². The van der Waals surface area contributed by atoms with Crippen LogP contribution in [0.4, 0.5) is 11.4 Å². The molecule has 0 saturated carbocycles. The molecule has 1 aliphatic heterocycles. The number of hydrogen-bond donors (Lipinski definition) is 1. The van der Waals surface area contributed by atoms with Crippen LogP contribution in [0.5, 0.6) is 0 Å². The first-order valence-electron chi connectivity index (χ1n) is 9.62. The number of anilines is 2. The van der Waals surface area contributed by atoms with Gasteiger partial charge in [0.15, 0.2) is 0 Å². The second-order valence-electron chi connectivity index (χ2n) is 6.48. The average Bonchev–Trinajstić information content (AvgIpc) is 2.75. The fourth-order valence-corrected chi connectivity index (χ4v) is 3.23. The molecule has 0 unspecified atom stereocenters. The molecule has 7 heteroatoms. The van der Waals surface area contributed by atoms with Crippen LogP contribution in [0.15, 0.2) is 42.6 Å². The van der Waals surface area contributed by atoms with Gasteiger partial charge >= 0.3 is 0 Å². The monoisotopic (exact) mass is 382 g/mol. The van der Waals surface area contributed by atoms with Crippen molar-refractivity contribution in [3.8, 4) is 0 Å². The second kappa shape index (κ2) is 9.32. The molecule has 2 amide bonds. The summed E-state index contributed by atoms with van der Waals surface area (Å²) in [6.45, 7) is 7.98. The fourth-order valence-electron chi connectivity index (χ4n) is 3.23. The zero-order valence-corrected chi connectivity index (χ0v) is 16.4. The highest BCUT2D eigenvalue weighted by atomic mass is 16.5. The maximum Gasteiger partial charge on any atom is 0.274 e. The quantitative estimate of drug-likeness (QED) is 0.831. The van der Waals surface area contributed by atoms with Crippen LogP contribution in [0.2, 0.25) is 0 Å². The largest absolute Gasteiger partial charge is 0.378 e. The van der Waals surface area contributed by atoms with Gasteiger partial charge in [-0.2, -0.15) is 0 Å². The third-order valence-corrected chi connectivity index (χ3v) is 4.79. The van der Waals surface area contributed by atoms with E-state index in [1.54, 1.807) is 17.0 Å². The highest BCUT2D eigenvalue weighted by Crippen LogP contribution is 2.26. The molecule has 1 N–H and O–H groups in total. The lowest BCUT2D eigenvalue weighted by atomic mass is 10.2. The van der Waals surface area contributed by atoms with Crippen molar-refractivity contribution in [3.05, 3.63) is 53.9 Å². The Balaban J connectivity index is 1.79. The Labute approximate surface area is 165 Å². The number of rotatable bonds is 6. The molecule has 1 aromatic heterocycles. The molecule has 1 aliphatic rings. The van der Waals surface area contributed by atoms with Crippen molar-refractivity contribution < 1.29 is 14.3 Å². The van der Waals surface area contributed by atoms with E-state index in [9.17, 15) is 9.59 Å². The maximum atomic E-state index is 12.8. The van der Waals surface area contributed by atoms with E-state index in [4.69, 9.17) is 4.74 Å². The summed E-state index contributed by atoms with van der Waals surface area (Å²) in [6, 6.07) is 10.9. The van der Waals surface area contributed by atoms with Crippen LogP contribution >= 0.6 is 0 Å². The maximum absolute atomic E-state index is 12.8. The van der Waals surface area contributed by atoms with Gasteiger partial charge in [-0.25, -0.2) is 0 Å². The number of carbonyl (C=O) groups excluding carboxylic acids is 2. The number of ether oxygens (including phenoxy) is 1. The van der Waals surface area contributed by atoms with Crippen LogP contribution in [0.1, 0.15) is 34.7 Å². The minimum absolute atomic E-state index is 0.102. The molecule has 7 nitrogen and oxygen atoms in total. The van der Waals surface area contributed by atoms with Crippen molar-refractivity contribution in [1.82, 2.24) is 9.88 Å². The number of nitrogens with one attached hydrogen (secondary N) is 1. The standard InChI is InChI=1S/C21H26N4O3/c1-3-24(4-2)21(27)16-9-10-22-18(15-16)20(26)23-17-7-5-6-8-19(17)25-11-13-28-14-12-25/h5-10,15H,3-4,11-14H2,1-2H3,(H,23,26). The topological polar surface area (TPSA) is 74.8 Å². The summed E-state index contributed by atoms with van der Waals surface area (Å²) in [6.07, 6.45) is 1.50. The minimum Gasteiger partial charge on any atom is -0.378 e. The predicted octanol–water partition coefficient (Wildman–Crippen LogP) is 2.65. The van der Waals surface area contributed by atoms with E-state index in [2.05, 4.69) is 15.2 Å². The van der Waals surface area contributed by atoms with Gasteiger partial charge in [-0.05, 0) is 38.1 Å². The van der Waals surface area contributed by atoms with Crippen molar-refractivity contribution in [2.45, 2.75) is 13.8 Å². The number of nitrogens with zero attached hydrogens (tertiary/aromatic N) is 3. The molecule has 1 saturated heterocycles. The van der Waals surface area contributed by atoms with Crippen molar-refractivity contribution >= 4 is 23.2 Å². The van der Waals surface area contributed by atoms with E-state index >= 15 is 0 Å². The first-order valence-corrected chi connectivity index (χ1v) is 9.62. The summed E-state index contributed by atoms with van der Waals surface area (Å²) >= 11 is 0. The Bertz CT molecular complexity index is 830. The first-order chi connectivity index (χ1) is 13.6. The second-order valence-corrected chi connectivity index (χ2v) is 6.48. The van der Waals surface area contributed by atoms with E-state index in [0.29, 0.717) is 31.9 Å². The summed E-state index contributed by atoms with van der Waals surface area (Å²) in [5.41, 5.74) is 2.35. The van der Waals surface area contributed by atoms with E-state index in [1.165, 1.54) is 6.20 Å². The molecule has 1 fully saturated rings. The third kappa shape index (κ3) is 4.48. The molecule has 0 bridgehead atoms. The number of carbonyl (C=O) groups is 2. The van der Waals surface area contributed by atoms with Gasteiger partial charge in [0.25, 0.3) is 11.8 Å². The van der Waals surface area contributed by atoms with Crippen LogP contribution in [0, 0.1) is 0 Å². The van der Waals surface area contributed by atoms with Crippen LogP contribution in [0.25, 0.3) is 0 Å². The van der Waals surface area contributed by atoms with Gasteiger partial charge < -0.3 is 19.9 Å². The molecule has 0 radical (unpaired) electrons. The van der Waals surface area contributed by atoms with Gasteiger partial charge in [0.2, 0.25) is 0 Å². The number of amides is 2. The summed E-state index contributed by atoms with van der Waals surface area (Å²) < 4.78 is 5.41. The molecule has 3 rings (SSSR count). The number of aromatic nitrogens is 1. The molecule has 28 heavy (non-hydrogen) atoms. The molecular formula is C21H26N4O3. The molecular weight excluding hydrogens is 356 g/mol. The Kier molecular flexibility index (Phi) is 6.60. The van der Waals surface area contributed by atoms with Gasteiger partial charge in [0, 0.05) is 37.9 Å². The van der Waals surface area contributed by atoms with Crippen molar-refractivity contribution in [2.75, 3.05) is 49.6 Å². The Morgan fingerprint density at radius 3 is 2.57 bits per heavy atom. The van der Waals surface area contributed by atoms with Crippen LogP contribution in [-0.2, 0) is 4.74 Å². The van der Waals surface area contributed by atoms with Crippen molar-refractivity contribution in [1.29, 1.82) is 0 Å². The van der Waals surface area contributed by atoms with Crippen molar-refractivity contribution in [2.24, 2.45) is 0 Å². The van der Waals surface area contributed by atoms with E-state index < -0.39 is 0 Å². The molecule has 0 aliphatic carbocycles. The molecule has 0 spiro atoms. The van der Waals surface area contributed by atoms with Crippen LogP contribution < -0.4 is 10.2 Å². The summed E-state index contributed by atoms with van der Waals surface area (Å²) in [7, 11) is 0. The first kappa shape index (κ1) is 19.8. The highest BCUT2D eigenvalue weighted by Gasteiger charge is 2.18. The van der Waals surface area contributed by atoms with E-state index in [-0.39, 0.29) is 17.5 Å². The van der Waals surface area contributed by atoms with E-state index in [0.717, 1.165) is 24.5 Å². The highest BCUT2D eigenvalue weighted by molar-refractivity contribution is 6.06. The lowest BCUT2D eigenvalue weighted by Crippen LogP contribution is -2.36. The normalized spacial score (nSPS) is 13.9. The fraction of sp³-hybridized carbons (Fsp3) is 0.381. The molecule has 2 heterocycles. The summed E-state index contributed by atoms with van der Waals surface area (Å²) in [5, 5.41) is 2.94. The van der Waals surface area contributed by atoms with Gasteiger partial charge in [-0.1, -0.05) is 12.1 Å². The number of morpholine rings is 1. The number of benzene rings is 1. The average molecular weight is 382 g/mol. The number of para-hydroxylation sites is 2. The lowest BCUT2D eigenvalue weighted by Gasteiger charge is -2.30. The molecule has 0 atom stereocenters. The SMILES string of the molecule is CCN(CC)C(=O)c1ccnc(C(=O)Nc2ccccc2N2CCOCC2)c1. The number of pyridine rings is 1. The zero-order chi connectivity index (χ0) is 19.9. The molecule has 1 aromatic carbocycles. The molecule has 148 valence electrons. The third-order valence-electron chi connectivity index (χ3n) is 4.79. The zero-order valence-electron chi connectivity index (χ0n) is 16.4. The van der Waals surface area contributed by atoms with Crippen LogP contribution in [-0.4, -0.2) is 61.1 Å². The Morgan fingerprint density at radius 1 is 1.14 bits per heavy atom. The smallest absolute Gasteiger partial charge is 0.274 e.